The minimum absolute atomic E-state index is 0.0116. The molecule has 0 heterocycles. The van der Waals surface area contributed by atoms with E-state index in [9.17, 15) is 10.1 Å². The summed E-state index contributed by atoms with van der Waals surface area (Å²) in [5.74, 6) is 0.637. The molecule has 1 amide bonds. The predicted molar refractivity (Wildman–Crippen MR) is 97.4 cm³/mol. The average Bonchev–Trinajstić information content (AvgIpc) is 2.60. The molecule has 5 heteroatoms. The largest absolute Gasteiger partial charge is 0.495 e. The fraction of sp³-hybridized carbons (Fsp3) is 0.200. The Hall–Kier alpha value is -3.26. The second-order valence-electron chi connectivity index (χ2n) is 5.53. The molecule has 0 aliphatic carbocycles. The number of methoxy groups -OCH3 is 1. The molecule has 0 aliphatic heterocycles. The number of rotatable bonds is 6. The molecular formula is C20H20N2O3. The van der Waals surface area contributed by atoms with E-state index in [1.54, 1.807) is 36.4 Å². The van der Waals surface area contributed by atoms with Crippen molar-refractivity contribution in [2.45, 2.75) is 20.0 Å². The van der Waals surface area contributed by atoms with Crippen molar-refractivity contribution in [3.63, 3.8) is 0 Å². The van der Waals surface area contributed by atoms with E-state index in [4.69, 9.17) is 9.47 Å². The van der Waals surface area contributed by atoms with E-state index in [1.807, 2.05) is 32.0 Å². The van der Waals surface area contributed by atoms with Crippen molar-refractivity contribution in [3.8, 4) is 17.6 Å². The topological polar surface area (TPSA) is 71.3 Å². The molecule has 5 nitrogen and oxygen atoms in total. The predicted octanol–water partition coefficient (Wildman–Crippen LogP) is 4.03. The molecule has 0 bridgehead atoms. The van der Waals surface area contributed by atoms with Gasteiger partial charge in [0.2, 0.25) is 0 Å². The Kier molecular flexibility index (Phi) is 6.19. The van der Waals surface area contributed by atoms with E-state index in [1.165, 1.54) is 13.2 Å². The quantitative estimate of drug-likeness (QED) is 0.638. The smallest absolute Gasteiger partial charge is 0.266 e. The maximum absolute atomic E-state index is 12.5. The molecule has 1 N–H and O–H groups in total. The van der Waals surface area contributed by atoms with Crippen LogP contribution >= 0.6 is 0 Å². The first-order valence-corrected chi connectivity index (χ1v) is 7.87. The number of nitrogens with one attached hydrogen (secondary N) is 1. The van der Waals surface area contributed by atoms with Gasteiger partial charge in [0.05, 0.1) is 18.9 Å². The third-order valence-corrected chi connectivity index (χ3v) is 3.30. The third-order valence-electron chi connectivity index (χ3n) is 3.30. The molecule has 0 saturated heterocycles. The van der Waals surface area contributed by atoms with Crippen LogP contribution in [0, 0.1) is 11.3 Å². The van der Waals surface area contributed by atoms with Gasteiger partial charge in [-0.3, -0.25) is 4.79 Å². The zero-order chi connectivity index (χ0) is 18.2. The second-order valence-corrected chi connectivity index (χ2v) is 5.53. The average molecular weight is 336 g/mol. The van der Waals surface area contributed by atoms with Crippen LogP contribution in [0.5, 0.6) is 11.5 Å². The van der Waals surface area contributed by atoms with Crippen molar-refractivity contribution in [2.24, 2.45) is 0 Å². The van der Waals surface area contributed by atoms with Crippen molar-refractivity contribution in [1.82, 2.24) is 0 Å². The number of hydrogen-bond acceptors (Lipinski definition) is 4. The fourth-order valence-corrected chi connectivity index (χ4v) is 2.20. The SMILES string of the molecule is COc1ccccc1NC(=O)/C(C#N)=C/c1ccccc1OC(C)C. The van der Waals surface area contributed by atoms with Crippen molar-refractivity contribution < 1.29 is 14.3 Å². The van der Waals surface area contributed by atoms with Crippen LogP contribution in [-0.2, 0) is 4.79 Å². The lowest BCUT2D eigenvalue weighted by atomic mass is 10.1. The normalized spacial score (nSPS) is 10.9. The lowest BCUT2D eigenvalue weighted by Crippen LogP contribution is -2.14. The lowest BCUT2D eigenvalue weighted by molar-refractivity contribution is -0.112. The summed E-state index contributed by atoms with van der Waals surface area (Å²) in [6, 6.07) is 16.2. The molecule has 0 atom stereocenters. The van der Waals surface area contributed by atoms with Gasteiger partial charge < -0.3 is 14.8 Å². The monoisotopic (exact) mass is 336 g/mol. The molecule has 0 radical (unpaired) electrons. The summed E-state index contributed by atoms with van der Waals surface area (Å²) >= 11 is 0. The first-order chi connectivity index (χ1) is 12.0. The van der Waals surface area contributed by atoms with Crippen LogP contribution in [-0.4, -0.2) is 19.1 Å². The van der Waals surface area contributed by atoms with Crippen molar-refractivity contribution in [1.29, 1.82) is 5.26 Å². The zero-order valence-electron chi connectivity index (χ0n) is 14.4. The van der Waals surface area contributed by atoms with E-state index in [2.05, 4.69) is 5.32 Å². The van der Waals surface area contributed by atoms with Gasteiger partial charge in [0, 0.05) is 5.56 Å². The van der Waals surface area contributed by atoms with Gasteiger partial charge in [0.25, 0.3) is 5.91 Å². The molecule has 25 heavy (non-hydrogen) atoms. The number of nitriles is 1. The highest BCUT2D eigenvalue weighted by Gasteiger charge is 2.13. The van der Waals surface area contributed by atoms with Crippen LogP contribution in [0.2, 0.25) is 0 Å². The van der Waals surface area contributed by atoms with Gasteiger partial charge in [-0.25, -0.2) is 0 Å². The number of carbonyl (C=O) groups is 1. The number of benzene rings is 2. The fourth-order valence-electron chi connectivity index (χ4n) is 2.20. The number of carbonyl (C=O) groups excluding carboxylic acids is 1. The highest BCUT2D eigenvalue weighted by molar-refractivity contribution is 6.10. The van der Waals surface area contributed by atoms with Crippen LogP contribution in [0.25, 0.3) is 6.08 Å². The van der Waals surface area contributed by atoms with E-state index in [0.29, 0.717) is 22.7 Å². The Morgan fingerprint density at radius 1 is 1.12 bits per heavy atom. The number of hydrogen-bond donors (Lipinski definition) is 1. The zero-order valence-corrected chi connectivity index (χ0v) is 14.4. The van der Waals surface area contributed by atoms with E-state index in [0.717, 1.165) is 0 Å². The Morgan fingerprint density at radius 2 is 1.76 bits per heavy atom. The Morgan fingerprint density at radius 3 is 2.40 bits per heavy atom. The van der Waals surface area contributed by atoms with Crippen molar-refractivity contribution >= 4 is 17.7 Å². The summed E-state index contributed by atoms with van der Waals surface area (Å²) in [6.45, 7) is 3.83. The van der Waals surface area contributed by atoms with Crippen molar-refractivity contribution in [3.05, 3.63) is 59.7 Å². The van der Waals surface area contributed by atoms with Crippen LogP contribution in [0.3, 0.4) is 0 Å². The van der Waals surface area contributed by atoms with Gasteiger partial charge in [0.15, 0.2) is 0 Å². The molecule has 0 aliphatic rings. The highest BCUT2D eigenvalue weighted by Crippen LogP contribution is 2.25. The lowest BCUT2D eigenvalue weighted by Gasteiger charge is -2.13. The van der Waals surface area contributed by atoms with E-state index >= 15 is 0 Å². The molecule has 2 rings (SSSR count). The number of para-hydroxylation sites is 3. The second kappa shape index (κ2) is 8.55. The number of amides is 1. The summed E-state index contributed by atoms with van der Waals surface area (Å²) in [6.07, 6.45) is 1.50. The molecule has 0 unspecified atom stereocenters. The Bertz CT molecular complexity index is 820. The summed E-state index contributed by atoms with van der Waals surface area (Å²) in [5.41, 5.74) is 1.15. The summed E-state index contributed by atoms with van der Waals surface area (Å²) in [4.78, 5) is 12.5. The molecule has 128 valence electrons. The van der Waals surface area contributed by atoms with Gasteiger partial charge in [-0.1, -0.05) is 30.3 Å². The van der Waals surface area contributed by atoms with Gasteiger partial charge in [-0.15, -0.1) is 0 Å². The molecule has 0 saturated carbocycles. The van der Waals surface area contributed by atoms with E-state index < -0.39 is 5.91 Å². The Balaban J connectivity index is 2.29. The highest BCUT2D eigenvalue weighted by atomic mass is 16.5. The summed E-state index contributed by atoms with van der Waals surface area (Å²) in [5, 5.41) is 12.1. The molecular weight excluding hydrogens is 316 g/mol. The van der Waals surface area contributed by atoms with Gasteiger partial charge in [-0.2, -0.15) is 5.26 Å². The van der Waals surface area contributed by atoms with Crippen molar-refractivity contribution in [2.75, 3.05) is 12.4 Å². The van der Waals surface area contributed by atoms with Crippen LogP contribution in [0.15, 0.2) is 54.1 Å². The minimum Gasteiger partial charge on any atom is -0.495 e. The van der Waals surface area contributed by atoms with Crippen LogP contribution in [0.4, 0.5) is 5.69 Å². The number of nitrogens with zero attached hydrogens (tertiary/aromatic N) is 1. The van der Waals surface area contributed by atoms with Crippen LogP contribution in [0.1, 0.15) is 19.4 Å². The molecule has 0 aromatic heterocycles. The number of anilines is 1. The summed E-state index contributed by atoms with van der Waals surface area (Å²) < 4.78 is 10.9. The third kappa shape index (κ3) is 4.85. The molecule has 0 spiro atoms. The molecule has 2 aromatic rings. The van der Waals surface area contributed by atoms with Crippen LogP contribution < -0.4 is 14.8 Å². The maximum Gasteiger partial charge on any atom is 0.266 e. The summed E-state index contributed by atoms with van der Waals surface area (Å²) in [7, 11) is 1.52. The standard InChI is InChI=1S/C20H20N2O3/c1-14(2)25-18-10-6-4-8-15(18)12-16(13-21)20(23)22-17-9-5-7-11-19(17)24-3/h4-12,14H,1-3H3,(H,22,23)/b16-12+. The molecule has 0 fully saturated rings. The number of ether oxygens (including phenoxy) is 2. The molecule has 2 aromatic carbocycles. The first-order valence-electron chi connectivity index (χ1n) is 7.87. The Labute approximate surface area is 147 Å². The maximum atomic E-state index is 12.5. The van der Waals surface area contributed by atoms with E-state index in [-0.39, 0.29) is 11.7 Å². The van der Waals surface area contributed by atoms with Gasteiger partial charge in [-0.05, 0) is 38.1 Å². The van der Waals surface area contributed by atoms with Gasteiger partial charge >= 0.3 is 0 Å². The first kappa shape index (κ1) is 18.1. The van der Waals surface area contributed by atoms with Gasteiger partial charge in [0.1, 0.15) is 23.1 Å². The minimum atomic E-state index is -0.508.